The Morgan fingerprint density at radius 3 is 2.12 bits per heavy atom. The van der Waals surface area contributed by atoms with E-state index in [0.717, 1.165) is 0 Å². The van der Waals surface area contributed by atoms with Gasteiger partial charge in [-0.2, -0.15) is 10.2 Å². The second-order valence-corrected chi connectivity index (χ2v) is 3.70. The summed E-state index contributed by atoms with van der Waals surface area (Å²) in [6, 6.07) is 0. The number of nitrogens with one attached hydrogen (secondary N) is 3. The van der Waals surface area contributed by atoms with Crippen LogP contribution >= 0.6 is 24.4 Å². The van der Waals surface area contributed by atoms with Gasteiger partial charge in [-0.05, 0) is 45.2 Å². The Bertz CT molecular complexity index is 340. The number of ether oxygens (including phenoxy) is 1. The summed E-state index contributed by atoms with van der Waals surface area (Å²) in [5, 5.41) is 11.5. The Labute approximate surface area is 112 Å². The Morgan fingerprint density at radius 2 is 1.65 bits per heavy atom. The van der Waals surface area contributed by atoms with Crippen LogP contribution in [0, 0.1) is 0 Å². The highest BCUT2D eigenvalue weighted by atomic mass is 32.1. The molecule has 0 aromatic heterocycles. The van der Waals surface area contributed by atoms with Gasteiger partial charge in [0.25, 0.3) is 5.17 Å². The summed E-state index contributed by atoms with van der Waals surface area (Å²) in [6.07, 6.45) is 0. The van der Waals surface area contributed by atoms with Crippen molar-refractivity contribution < 1.29 is 4.74 Å². The third-order valence-electron chi connectivity index (χ3n) is 1.67. The van der Waals surface area contributed by atoms with Gasteiger partial charge in [0, 0.05) is 7.05 Å². The topological polar surface area (TPSA) is 70.0 Å². The molecule has 0 fully saturated rings. The van der Waals surface area contributed by atoms with E-state index in [1.54, 1.807) is 20.9 Å². The van der Waals surface area contributed by atoms with E-state index in [2.05, 4.69) is 26.4 Å². The molecule has 0 saturated carbocycles. The fraction of sp³-hybridized carbons (Fsp3) is 0.556. The Morgan fingerprint density at radius 1 is 1.12 bits per heavy atom. The van der Waals surface area contributed by atoms with Crippen LogP contribution in [0.25, 0.3) is 0 Å². The van der Waals surface area contributed by atoms with E-state index in [0.29, 0.717) is 23.1 Å². The van der Waals surface area contributed by atoms with Crippen LogP contribution in [-0.4, -0.2) is 35.4 Å². The molecule has 0 radical (unpaired) electrons. The van der Waals surface area contributed by atoms with Crippen molar-refractivity contribution in [1.29, 1.82) is 0 Å². The number of hydrazone groups is 2. The maximum atomic E-state index is 5.01. The van der Waals surface area contributed by atoms with Crippen molar-refractivity contribution in [2.24, 2.45) is 10.2 Å². The molecule has 0 heterocycles. The van der Waals surface area contributed by atoms with Crippen LogP contribution < -0.4 is 16.2 Å². The smallest absolute Gasteiger partial charge is 0.277 e. The molecule has 0 unspecified atom stereocenters. The first-order valence-electron chi connectivity index (χ1n) is 5.00. The Hall–Kier alpha value is -1.28. The fourth-order valence-electron chi connectivity index (χ4n) is 0.645. The first kappa shape index (κ1) is 15.7. The molecule has 0 aliphatic heterocycles. The van der Waals surface area contributed by atoms with Crippen molar-refractivity contribution in [3.05, 3.63) is 0 Å². The summed E-state index contributed by atoms with van der Waals surface area (Å²) in [4.78, 5) is 0. The molecule has 0 aliphatic rings. The zero-order valence-corrected chi connectivity index (χ0v) is 12.0. The summed E-state index contributed by atoms with van der Waals surface area (Å²) < 4.78 is 5.01. The lowest BCUT2D eigenvalue weighted by Crippen LogP contribution is -2.30. The van der Waals surface area contributed by atoms with Crippen LogP contribution in [-0.2, 0) is 4.74 Å². The fourth-order valence-corrected chi connectivity index (χ4v) is 0.854. The Kier molecular flexibility index (Phi) is 8.16. The molecule has 0 saturated heterocycles. The van der Waals surface area contributed by atoms with Gasteiger partial charge >= 0.3 is 0 Å². The first-order valence-corrected chi connectivity index (χ1v) is 5.82. The van der Waals surface area contributed by atoms with Crippen molar-refractivity contribution in [3.63, 3.8) is 0 Å². The second-order valence-electron chi connectivity index (χ2n) is 2.92. The summed E-state index contributed by atoms with van der Waals surface area (Å²) in [5.74, 6) is 0. The molecule has 0 rings (SSSR count). The van der Waals surface area contributed by atoms with Crippen molar-refractivity contribution in [1.82, 2.24) is 16.2 Å². The van der Waals surface area contributed by atoms with Crippen LogP contribution in [0.5, 0.6) is 0 Å². The molecule has 96 valence electrons. The zero-order chi connectivity index (χ0) is 13.3. The standard InChI is InChI=1S/C9H17N5OS2/c1-5-15-9(17)14-12-7(3)6(2)11-13-8(16)10-4/h5H2,1-4H3,(H,14,17)(H2,10,13,16)/b11-6+,12-7+. The molecule has 0 atom stereocenters. The lowest BCUT2D eigenvalue weighted by molar-refractivity contribution is 0.321. The third-order valence-corrected chi connectivity index (χ3v) is 2.17. The van der Waals surface area contributed by atoms with Crippen LogP contribution in [0.1, 0.15) is 20.8 Å². The van der Waals surface area contributed by atoms with E-state index >= 15 is 0 Å². The summed E-state index contributed by atoms with van der Waals surface area (Å²) in [7, 11) is 1.71. The predicted molar refractivity (Wildman–Crippen MR) is 78.4 cm³/mol. The van der Waals surface area contributed by atoms with Gasteiger partial charge in [-0.25, -0.2) is 5.43 Å². The number of thiocarbonyl (C=S) groups is 2. The maximum absolute atomic E-state index is 5.01. The van der Waals surface area contributed by atoms with Crippen molar-refractivity contribution in [2.45, 2.75) is 20.8 Å². The summed E-state index contributed by atoms with van der Waals surface area (Å²) in [5.41, 5.74) is 6.64. The zero-order valence-electron chi connectivity index (χ0n) is 10.3. The van der Waals surface area contributed by atoms with E-state index in [-0.39, 0.29) is 5.17 Å². The average Bonchev–Trinajstić information content (AvgIpc) is 2.32. The number of hydrogen-bond donors (Lipinski definition) is 3. The van der Waals surface area contributed by atoms with E-state index in [4.69, 9.17) is 29.2 Å². The van der Waals surface area contributed by atoms with Gasteiger partial charge in [0.15, 0.2) is 5.11 Å². The van der Waals surface area contributed by atoms with E-state index in [9.17, 15) is 0 Å². The quantitative estimate of drug-likeness (QED) is 0.399. The van der Waals surface area contributed by atoms with Gasteiger partial charge in [-0.1, -0.05) is 0 Å². The molecular formula is C9H17N5OS2. The van der Waals surface area contributed by atoms with Gasteiger partial charge in [0.05, 0.1) is 18.0 Å². The lowest BCUT2D eigenvalue weighted by atomic mass is 10.3. The first-order chi connectivity index (χ1) is 8.01. The third kappa shape index (κ3) is 7.58. The molecule has 17 heavy (non-hydrogen) atoms. The SMILES string of the molecule is CCOC(=S)N/N=C(C)/C(C)=N/NC(=S)NC. The normalized spacial score (nSPS) is 11.8. The van der Waals surface area contributed by atoms with Crippen LogP contribution in [0.3, 0.4) is 0 Å². The molecule has 0 amide bonds. The van der Waals surface area contributed by atoms with Gasteiger partial charge in [-0.15, -0.1) is 0 Å². The van der Waals surface area contributed by atoms with E-state index < -0.39 is 0 Å². The molecule has 0 aliphatic carbocycles. The van der Waals surface area contributed by atoms with Crippen molar-refractivity contribution in [3.8, 4) is 0 Å². The predicted octanol–water partition coefficient (Wildman–Crippen LogP) is 0.743. The second kappa shape index (κ2) is 8.82. The average molecular weight is 275 g/mol. The highest BCUT2D eigenvalue weighted by Crippen LogP contribution is 1.84. The summed E-state index contributed by atoms with van der Waals surface area (Å²) >= 11 is 9.73. The van der Waals surface area contributed by atoms with E-state index in [1.807, 2.05) is 6.92 Å². The Balaban J connectivity index is 4.28. The molecule has 3 N–H and O–H groups in total. The van der Waals surface area contributed by atoms with Gasteiger partial charge in [0.1, 0.15) is 0 Å². The van der Waals surface area contributed by atoms with Crippen LogP contribution in [0.15, 0.2) is 10.2 Å². The minimum Gasteiger partial charge on any atom is -0.470 e. The molecule has 0 spiro atoms. The highest BCUT2D eigenvalue weighted by molar-refractivity contribution is 7.80. The van der Waals surface area contributed by atoms with Crippen LogP contribution in [0.4, 0.5) is 0 Å². The minimum atomic E-state index is 0.235. The van der Waals surface area contributed by atoms with Crippen molar-refractivity contribution >= 4 is 46.1 Å². The van der Waals surface area contributed by atoms with Gasteiger partial charge in [-0.3, -0.25) is 5.43 Å². The van der Waals surface area contributed by atoms with Crippen LogP contribution in [0.2, 0.25) is 0 Å². The minimum absolute atomic E-state index is 0.235. The van der Waals surface area contributed by atoms with Crippen molar-refractivity contribution in [2.75, 3.05) is 13.7 Å². The molecule has 6 nitrogen and oxygen atoms in total. The molecule has 0 bridgehead atoms. The monoisotopic (exact) mass is 275 g/mol. The molecular weight excluding hydrogens is 258 g/mol. The molecule has 0 aromatic rings. The largest absolute Gasteiger partial charge is 0.470 e. The van der Waals surface area contributed by atoms with Gasteiger partial charge < -0.3 is 10.1 Å². The van der Waals surface area contributed by atoms with E-state index in [1.165, 1.54) is 0 Å². The molecule has 0 aromatic carbocycles. The number of rotatable bonds is 4. The molecule has 8 heteroatoms. The maximum Gasteiger partial charge on any atom is 0.277 e. The highest BCUT2D eigenvalue weighted by Gasteiger charge is 1.99. The van der Waals surface area contributed by atoms with Gasteiger partial charge in [0.2, 0.25) is 0 Å². The number of nitrogens with zero attached hydrogens (tertiary/aromatic N) is 2. The number of hydrogen-bond acceptors (Lipinski definition) is 5. The lowest BCUT2D eigenvalue weighted by Gasteiger charge is -2.05. The summed E-state index contributed by atoms with van der Waals surface area (Å²) in [6.45, 7) is 5.95.